The molecule has 0 spiro atoms. The van der Waals surface area contributed by atoms with E-state index in [2.05, 4.69) is 15.4 Å². The number of aromatic nitrogens is 3. The van der Waals surface area contributed by atoms with Crippen LogP contribution in [0.2, 0.25) is 0 Å². The quantitative estimate of drug-likeness (QED) is 0.748. The zero-order valence-corrected chi connectivity index (χ0v) is 11.2. The molecule has 1 fully saturated rings. The maximum Gasteiger partial charge on any atom is 0.318 e. The fraction of sp³-hybridized carbons (Fsp3) is 0.636. The second-order valence-electron chi connectivity index (χ2n) is 4.51. The van der Waals surface area contributed by atoms with Gasteiger partial charge in [0.15, 0.2) is 5.82 Å². The van der Waals surface area contributed by atoms with E-state index >= 15 is 0 Å². The molecule has 0 aromatic carbocycles. The van der Waals surface area contributed by atoms with Crippen molar-refractivity contribution in [3.63, 3.8) is 0 Å². The van der Waals surface area contributed by atoms with Crippen LogP contribution in [0.4, 0.5) is 4.79 Å². The van der Waals surface area contributed by atoms with Gasteiger partial charge in [-0.05, 0) is 0 Å². The SMILES string of the molecule is Cn1cnc(CNC(=O)N2CCOCC2CC(=O)O)n1. The molecule has 2 amide bonds. The van der Waals surface area contributed by atoms with Crippen molar-refractivity contribution in [1.29, 1.82) is 0 Å². The summed E-state index contributed by atoms with van der Waals surface area (Å²) in [7, 11) is 1.74. The third-order valence-electron chi connectivity index (χ3n) is 2.94. The number of nitrogens with zero attached hydrogens (tertiary/aromatic N) is 4. The number of hydrogen-bond donors (Lipinski definition) is 2. The molecule has 0 aliphatic carbocycles. The van der Waals surface area contributed by atoms with E-state index in [0.29, 0.717) is 19.0 Å². The zero-order chi connectivity index (χ0) is 14.5. The maximum atomic E-state index is 12.1. The van der Waals surface area contributed by atoms with Gasteiger partial charge in [-0.25, -0.2) is 9.78 Å². The summed E-state index contributed by atoms with van der Waals surface area (Å²) in [4.78, 5) is 28.3. The number of ether oxygens (including phenoxy) is 1. The number of nitrogens with one attached hydrogen (secondary N) is 1. The Morgan fingerprint density at radius 3 is 3.05 bits per heavy atom. The molecular formula is C11H17N5O4. The van der Waals surface area contributed by atoms with Crippen LogP contribution < -0.4 is 5.32 Å². The van der Waals surface area contributed by atoms with Crippen LogP contribution >= 0.6 is 0 Å². The maximum absolute atomic E-state index is 12.1. The average molecular weight is 283 g/mol. The summed E-state index contributed by atoms with van der Waals surface area (Å²) < 4.78 is 6.76. The van der Waals surface area contributed by atoms with Crippen LogP contribution in [0.3, 0.4) is 0 Å². The smallest absolute Gasteiger partial charge is 0.318 e. The van der Waals surface area contributed by atoms with Crippen LogP contribution in [-0.2, 0) is 23.1 Å². The van der Waals surface area contributed by atoms with Gasteiger partial charge in [-0.2, -0.15) is 5.10 Å². The highest BCUT2D eigenvalue weighted by molar-refractivity contribution is 5.76. The van der Waals surface area contributed by atoms with Gasteiger partial charge in [0.2, 0.25) is 0 Å². The predicted octanol–water partition coefficient (Wildman–Crippen LogP) is -0.800. The Morgan fingerprint density at radius 1 is 1.60 bits per heavy atom. The number of carboxylic acids is 1. The standard InChI is InChI=1S/C11H17N5O4/c1-15-7-13-9(14-15)5-12-11(19)16-2-3-20-6-8(16)4-10(17)18/h7-8H,2-6H2,1H3,(H,12,19)(H,17,18). The molecular weight excluding hydrogens is 266 g/mol. The molecule has 0 saturated carbocycles. The molecule has 2 heterocycles. The summed E-state index contributed by atoms with van der Waals surface area (Å²) in [6.07, 6.45) is 1.42. The lowest BCUT2D eigenvalue weighted by Crippen LogP contribution is -2.53. The lowest BCUT2D eigenvalue weighted by Gasteiger charge is -2.34. The van der Waals surface area contributed by atoms with Crippen molar-refractivity contribution in [3.05, 3.63) is 12.2 Å². The fourth-order valence-electron chi connectivity index (χ4n) is 2.01. The van der Waals surface area contributed by atoms with Crippen molar-refractivity contribution in [1.82, 2.24) is 25.0 Å². The predicted molar refractivity (Wildman–Crippen MR) is 66.8 cm³/mol. The summed E-state index contributed by atoms with van der Waals surface area (Å²) in [6.45, 7) is 1.23. The van der Waals surface area contributed by atoms with Crippen molar-refractivity contribution in [2.75, 3.05) is 19.8 Å². The van der Waals surface area contributed by atoms with E-state index in [1.807, 2.05) is 0 Å². The van der Waals surface area contributed by atoms with Crippen molar-refractivity contribution >= 4 is 12.0 Å². The highest BCUT2D eigenvalue weighted by Crippen LogP contribution is 2.11. The minimum atomic E-state index is -0.954. The van der Waals surface area contributed by atoms with Crippen LogP contribution in [0.25, 0.3) is 0 Å². The van der Waals surface area contributed by atoms with E-state index in [-0.39, 0.29) is 25.6 Å². The zero-order valence-electron chi connectivity index (χ0n) is 11.2. The molecule has 2 N–H and O–H groups in total. The van der Waals surface area contributed by atoms with E-state index in [4.69, 9.17) is 9.84 Å². The Labute approximate surface area is 115 Å². The van der Waals surface area contributed by atoms with E-state index in [0.717, 1.165) is 0 Å². The van der Waals surface area contributed by atoms with Gasteiger partial charge in [-0.15, -0.1) is 0 Å². The molecule has 1 atom stereocenters. The molecule has 0 bridgehead atoms. The summed E-state index contributed by atoms with van der Waals surface area (Å²) in [5.41, 5.74) is 0. The Balaban J connectivity index is 1.90. The number of amides is 2. The first-order valence-electron chi connectivity index (χ1n) is 6.25. The largest absolute Gasteiger partial charge is 0.481 e. The highest BCUT2D eigenvalue weighted by atomic mass is 16.5. The van der Waals surface area contributed by atoms with E-state index < -0.39 is 12.0 Å². The molecule has 1 aromatic rings. The van der Waals surface area contributed by atoms with Crippen LogP contribution in [-0.4, -0.2) is 62.6 Å². The summed E-state index contributed by atoms with van der Waals surface area (Å²) in [5, 5.41) is 15.6. The van der Waals surface area contributed by atoms with Crippen LogP contribution in [0.1, 0.15) is 12.2 Å². The topological polar surface area (TPSA) is 110 Å². The van der Waals surface area contributed by atoms with Gasteiger partial charge in [0.05, 0.1) is 32.2 Å². The van der Waals surface area contributed by atoms with Gasteiger partial charge in [-0.1, -0.05) is 0 Å². The van der Waals surface area contributed by atoms with Crippen molar-refractivity contribution in [3.8, 4) is 0 Å². The first kappa shape index (κ1) is 14.3. The Kier molecular flexibility index (Phi) is 4.51. The molecule has 1 aliphatic heterocycles. The summed E-state index contributed by atoms with van der Waals surface area (Å²) in [6, 6.07) is -0.773. The molecule has 1 aliphatic rings. The minimum Gasteiger partial charge on any atom is -0.481 e. The number of carboxylic acid groups (broad SMARTS) is 1. The number of urea groups is 1. The number of aliphatic carboxylic acids is 1. The van der Waals surface area contributed by atoms with Crippen LogP contribution in [0.5, 0.6) is 0 Å². The second-order valence-corrected chi connectivity index (χ2v) is 4.51. The molecule has 110 valence electrons. The summed E-state index contributed by atoms with van der Waals surface area (Å²) in [5.74, 6) is -0.450. The number of carbonyl (C=O) groups is 2. The molecule has 0 radical (unpaired) electrons. The third kappa shape index (κ3) is 3.67. The third-order valence-corrected chi connectivity index (χ3v) is 2.94. The molecule has 9 nitrogen and oxygen atoms in total. The first-order valence-corrected chi connectivity index (χ1v) is 6.25. The van der Waals surface area contributed by atoms with Gasteiger partial charge in [0.1, 0.15) is 6.33 Å². The van der Waals surface area contributed by atoms with E-state index in [9.17, 15) is 9.59 Å². The minimum absolute atomic E-state index is 0.130. The number of hydrogen-bond acceptors (Lipinski definition) is 5. The summed E-state index contributed by atoms with van der Waals surface area (Å²) >= 11 is 0. The van der Waals surface area contributed by atoms with E-state index in [1.54, 1.807) is 18.1 Å². The van der Waals surface area contributed by atoms with Crippen molar-refractivity contribution < 1.29 is 19.4 Å². The van der Waals surface area contributed by atoms with Gasteiger partial charge < -0.3 is 20.1 Å². The lowest BCUT2D eigenvalue weighted by molar-refractivity contribution is -0.139. The van der Waals surface area contributed by atoms with Crippen LogP contribution in [0.15, 0.2) is 6.33 Å². The number of aryl methyl sites for hydroxylation is 1. The van der Waals surface area contributed by atoms with Crippen molar-refractivity contribution in [2.24, 2.45) is 7.05 Å². The normalized spacial score (nSPS) is 18.9. The van der Waals surface area contributed by atoms with Crippen molar-refractivity contribution in [2.45, 2.75) is 19.0 Å². The average Bonchev–Trinajstić information content (AvgIpc) is 2.82. The number of morpholine rings is 1. The van der Waals surface area contributed by atoms with Gasteiger partial charge in [0, 0.05) is 13.6 Å². The fourth-order valence-corrected chi connectivity index (χ4v) is 2.01. The molecule has 2 rings (SSSR count). The first-order chi connectivity index (χ1) is 9.56. The van der Waals surface area contributed by atoms with Crippen LogP contribution in [0, 0.1) is 0 Å². The number of carbonyl (C=O) groups excluding carboxylic acids is 1. The van der Waals surface area contributed by atoms with Gasteiger partial charge >= 0.3 is 12.0 Å². The second kappa shape index (κ2) is 6.33. The Bertz CT molecular complexity index is 489. The highest BCUT2D eigenvalue weighted by Gasteiger charge is 2.29. The Hall–Kier alpha value is -2.16. The monoisotopic (exact) mass is 283 g/mol. The number of rotatable bonds is 4. The van der Waals surface area contributed by atoms with Gasteiger partial charge in [-0.3, -0.25) is 9.48 Å². The van der Waals surface area contributed by atoms with Gasteiger partial charge in [0.25, 0.3) is 0 Å². The lowest BCUT2D eigenvalue weighted by atomic mass is 10.1. The molecule has 1 saturated heterocycles. The molecule has 1 unspecified atom stereocenters. The molecule has 20 heavy (non-hydrogen) atoms. The van der Waals surface area contributed by atoms with E-state index in [1.165, 1.54) is 4.90 Å². The molecule has 9 heteroatoms. The Morgan fingerprint density at radius 2 is 2.40 bits per heavy atom. The molecule has 1 aromatic heterocycles.